The van der Waals surface area contributed by atoms with Gasteiger partial charge in [0.05, 0.1) is 25.8 Å². The topological polar surface area (TPSA) is 252 Å². The summed E-state index contributed by atoms with van der Waals surface area (Å²) in [6.07, 6.45) is 4.68. The molecule has 0 aliphatic heterocycles. The lowest BCUT2D eigenvalue weighted by molar-refractivity contribution is -0.144. The average Bonchev–Trinajstić information content (AvgIpc) is 3.12. The molecule has 17 heteroatoms. The van der Waals surface area contributed by atoms with E-state index >= 15 is 0 Å². The van der Waals surface area contributed by atoms with E-state index in [-0.39, 0.29) is 18.9 Å². The molecule has 1 aromatic rings. The van der Waals surface area contributed by atoms with Gasteiger partial charge in [-0.25, -0.2) is 0 Å². The standard InChI is InChI=1S/C37H59N7O10/c1-8-9-10-11-12-26-13-15-27(16-14-26)34(51)43-29(21-46)36(53)40-23(4)32(49)39-20-30(48)44(7)31(25(6)47)37(54)41-24(5)33(50)42-28(19-22(2)3)35(52)38-17-18-45/h13-16,18,22-25,28-29,31,46-47H,8-12,17,19-21H2,1-7H3,(H,38,52)(H,39,49)(H,40,53)(H,41,54)(H,42,50)(H,43,51)/t23-,24+,25?,28+,29-,31?/m1/s1. The Labute approximate surface area is 317 Å². The maximum absolute atomic E-state index is 13.1. The van der Waals surface area contributed by atoms with Crippen molar-refractivity contribution < 1.29 is 48.6 Å². The quantitative estimate of drug-likeness (QED) is 0.0475. The zero-order valence-electron chi connectivity index (χ0n) is 32.4. The maximum Gasteiger partial charge on any atom is 0.251 e. The molecule has 17 nitrogen and oxygen atoms in total. The van der Waals surface area contributed by atoms with E-state index in [0.29, 0.717) is 11.8 Å². The number of hydrogen-bond donors (Lipinski definition) is 8. The second-order valence-corrected chi connectivity index (χ2v) is 13.7. The summed E-state index contributed by atoms with van der Waals surface area (Å²) in [6, 6.07) is 0.702. The van der Waals surface area contributed by atoms with Crippen molar-refractivity contribution in [2.75, 3.05) is 26.7 Å². The van der Waals surface area contributed by atoms with E-state index < -0.39 is 90.8 Å². The lowest BCUT2D eigenvalue weighted by Crippen LogP contribution is -2.59. The monoisotopic (exact) mass is 761 g/mol. The highest BCUT2D eigenvalue weighted by atomic mass is 16.3. The molecular formula is C37H59N7O10. The summed E-state index contributed by atoms with van der Waals surface area (Å²) in [5.74, 6) is -5.20. The summed E-state index contributed by atoms with van der Waals surface area (Å²) < 4.78 is 0. The number of aliphatic hydroxyl groups excluding tert-OH is 2. The Hall–Kier alpha value is -4.90. The SMILES string of the molecule is CCCCCCc1ccc(C(=O)N[C@H](CO)C(=O)N[C@H](C)C(=O)NCC(=O)N(C)C(C(=O)N[C@@H](C)C(=O)N[C@@H](CC(C)C)C(=O)NCC=O)C(C)O)cc1. The fourth-order valence-electron chi connectivity index (χ4n) is 5.34. The van der Waals surface area contributed by atoms with Gasteiger partial charge < -0.3 is 51.8 Å². The van der Waals surface area contributed by atoms with Gasteiger partial charge in [-0.3, -0.25) is 33.6 Å². The zero-order chi connectivity index (χ0) is 41.0. The first-order chi connectivity index (χ1) is 25.5. The highest BCUT2D eigenvalue weighted by molar-refractivity contribution is 5.99. The van der Waals surface area contributed by atoms with E-state index in [4.69, 9.17) is 0 Å². The summed E-state index contributed by atoms with van der Waals surface area (Å²) in [5.41, 5.74) is 1.37. The van der Waals surface area contributed by atoms with Gasteiger partial charge in [0.1, 0.15) is 36.5 Å². The highest BCUT2D eigenvalue weighted by Gasteiger charge is 2.34. The van der Waals surface area contributed by atoms with Crippen molar-refractivity contribution in [1.29, 1.82) is 0 Å². The molecule has 0 radical (unpaired) electrons. The molecule has 302 valence electrons. The van der Waals surface area contributed by atoms with Crippen LogP contribution in [-0.2, 0) is 40.0 Å². The van der Waals surface area contributed by atoms with Crippen LogP contribution in [0.1, 0.15) is 89.6 Å². The van der Waals surface area contributed by atoms with E-state index in [1.54, 1.807) is 12.1 Å². The lowest BCUT2D eigenvalue weighted by Gasteiger charge is -2.31. The van der Waals surface area contributed by atoms with Gasteiger partial charge in [-0.05, 0) is 63.6 Å². The number of likely N-dealkylation sites (N-methyl/N-ethyl adjacent to an activating group) is 1. The molecule has 0 saturated heterocycles. The van der Waals surface area contributed by atoms with Crippen LogP contribution in [0.4, 0.5) is 0 Å². The molecule has 54 heavy (non-hydrogen) atoms. The van der Waals surface area contributed by atoms with Crippen LogP contribution in [0.2, 0.25) is 0 Å². The van der Waals surface area contributed by atoms with Crippen molar-refractivity contribution in [2.24, 2.45) is 5.92 Å². The van der Waals surface area contributed by atoms with E-state index in [1.165, 1.54) is 27.8 Å². The number of aldehydes is 1. The van der Waals surface area contributed by atoms with Gasteiger partial charge in [0.15, 0.2) is 0 Å². The van der Waals surface area contributed by atoms with E-state index in [1.807, 2.05) is 26.0 Å². The number of unbranched alkanes of at least 4 members (excludes halogenated alkanes) is 3. The van der Waals surface area contributed by atoms with Gasteiger partial charge in [-0.2, -0.15) is 0 Å². The number of nitrogens with zero attached hydrogens (tertiary/aromatic N) is 1. The van der Waals surface area contributed by atoms with Crippen LogP contribution in [0, 0.1) is 5.92 Å². The molecule has 0 aromatic heterocycles. The Morgan fingerprint density at radius 2 is 1.35 bits per heavy atom. The molecule has 0 aliphatic rings. The van der Waals surface area contributed by atoms with Crippen LogP contribution in [0.25, 0.3) is 0 Å². The van der Waals surface area contributed by atoms with Gasteiger partial charge in [-0.1, -0.05) is 52.2 Å². The van der Waals surface area contributed by atoms with Crippen LogP contribution in [0.5, 0.6) is 0 Å². The number of hydrogen-bond acceptors (Lipinski definition) is 10. The fraction of sp³-hybridized carbons (Fsp3) is 0.622. The molecule has 7 amide bonds. The number of aliphatic hydroxyl groups is 2. The molecule has 0 spiro atoms. The minimum absolute atomic E-state index is 0.00449. The smallest absolute Gasteiger partial charge is 0.251 e. The van der Waals surface area contributed by atoms with Gasteiger partial charge in [0.25, 0.3) is 5.91 Å². The predicted molar refractivity (Wildman–Crippen MR) is 200 cm³/mol. The van der Waals surface area contributed by atoms with E-state index in [9.17, 15) is 48.6 Å². The molecule has 1 rings (SSSR count). The van der Waals surface area contributed by atoms with Gasteiger partial charge in [-0.15, -0.1) is 0 Å². The predicted octanol–water partition coefficient (Wildman–Crippen LogP) is -0.920. The van der Waals surface area contributed by atoms with Crippen molar-refractivity contribution in [3.05, 3.63) is 35.4 Å². The van der Waals surface area contributed by atoms with Crippen molar-refractivity contribution in [3.63, 3.8) is 0 Å². The molecule has 8 N–H and O–H groups in total. The minimum atomic E-state index is -1.49. The van der Waals surface area contributed by atoms with E-state index in [2.05, 4.69) is 38.8 Å². The van der Waals surface area contributed by atoms with Gasteiger partial charge in [0, 0.05) is 12.6 Å². The Kier molecular flexibility index (Phi) is 21.3. The summed E-state index contributed by atoms with van der Waals surface area (Å²) >= 11 is 0. The normalized spacial score (nSPS) is 14.3. The molecule has 1 aromatic carbocycles. The lowest BCUT2D eigenvalue weighted by atomic mass is 10.0. The molecular weight excluding hydrogens is 702 g/mol. The molecule has 2 unspecified atom stereocenters. The molecule has 0 bridgehead atoms. The first kappa shape index (κ1) is 47.1. The number of benzene rings is 1. The number of rotatable bonds is 24. The summed E-state index contributed by atoms with van der Waals surface area (Å²) in [4.78, 5) is 101. The Morgan fingerprint density at radius 1 is 0.741 bits per heavy atom. The van der Waals surface area contributed by atoms with Crippen LogP contribution >= 0.6 is 0 Å². The van der Waals surface area contributed by atoms with Crippen molar-refractivity contribution in [2.45, 2.75) is 116 Å². The number of carbonyl (C=O) groups excluding carboxylic acids is 8. The van der Waals surface area contributed by atoms with Gasteiger partial charge >= 0.3 is 0 Å². The van der Waals surface area contributed by atoms with Crippen molar-refractivity contribution in [1.82, 2.24) is 36.8 Å². The van der Waals surface area contributed by atoms with Crippen LogP contribution < -0.4 is 31.9 Å². The second kappa shape index (κ2) is 24.4. The van der Waals surface area contributed by atoms with Crippen LogP contribution in [0.3, 0.4) is 0 Å². The third kappa shape index (κ3) is 16.4. The summed E-state index contributed by atoms with van der Waals surface area (Å²) in [7, 11) is 1.22. The second-order valence-electron chi connectivity index (χ2n) is 13.7. The van der Waals surface area contributed by atoms with E-state index in [0.717, 1.165) is 42.6 Å². The Balaban J connectivity index is 2.74. The molecule has 0 fully saturated rings. The molecule has 0 saturated carbocycles. The number of nitrogens with one attached hydrogen (secondary N) is 6. The summed E-state index contributed by atoms with van der Waals surface area (Å²) in [6.45, 7) is 8.12. The largest absolute Gasteiger partial charge is 0.394 e. The minimum Gasteiger partial charge on any atom is -0.394 e. The Morgan fingerprint density at radius 3 is 1.91 bits per heavy atom. The molecule has 0 heterocycles. The zero-order valence-corrected chi connectivity index (χ0v) is 32.4. The fourth-order valence-corrected chi connectivity index (χ4v) is 5.34. The molecule has 6 atom stereocenters. The molecule has 0 aliphatic carbocycles. The van der Waals surface area contributed by atoms with Crippen LogP contribution in [-0.4, -0.2) is 126 Å². The number of carbonyl (C=O) groups is 8. The Bertz CT molecular complexity index is 1420. The number of aryl methyl sites for hydroxylation is 1. The highest BCUT2D eigenvalue weighted by Crippen LogP contribution is 2.11. The third-order valence-electron chi connectivity index (χ3n) is 8.49. The maximum atomic E-state index is 13.1. The summed E-state index contributed by atoms with van der Waals surface area (Å²) in [5, 5.41) is 34.7. The van der Waals surface area contributed by atoms with Crippen molar-refractivity contribution >= 4 is 47.6 Å². The number of amides is 7. The van der Waals surface area contributed by atoms with Gasteiger partial charge in [0.2, 0.25) is 35.4 Å². The first-order valence-corrected chi connectivity index (χ1v) is 18.3. The third-order valence-corrected chi connectivity index (χ3v) is 8.49. The van der Waals surface area contributed by atoms with Crippen LogP contribution in [0.15, 0.2) is 24.3 Å². The first-order valence-electron chi connectivity index (χ1n) is 18.3. The average molecular weight is 762 g/mol. The van der Waals surface area contributed by atoms with Crippen molar-refractivity contribution in [3.8, 4) is 0 Å².